The highest BCUT2D eigenvalue weighted by molar-refractivity contribution is 5.80. The van der Waals surface area contributed by atoms with Crippen LogP contribution in [0.2, 0.25) is 0 Å². The summed E-state index contributed by atoms with van der Waals surface area (Å²) in [7, 11) is 1.63. The molecule has 126 valence electrons. The van der Waals surface area contributed by atoms with Crippen LogP contribution < -0.4 is 10.1 Å². The molecule has 5 heteroatoms. The van der Waals surface area contributed by atoms with Gasteiger partial charge in [-0.2, -0.15) is 0 Å². The molecule has 0 amide bonds. The number of benzene rings is 1. The molecule has 0 bridgehead atoms. The fourth-order valence-electron chi connectivity index (χ4n) is 2.92. The summed E-state index contributed by atoms with van der Waals surface area (Å²) < 4.78 is 5.18. The van der Waals surface area contributed by atoms with Gasteiger partial charge >= 0.3 is 0 Å². The third-order valence-electron chi connectivity index (χ3n) is 4.15. The molecule has 0 fully saturated rings. The van der Waals surface area contributed by atoms with Crippen molar-refractivity contribution in [1.29, 1.82) is 0 Å². The number of hydrogen-bond acceptors (Lipinski definition) is 3. The lowest BCUT2D eigenvalue weighted by molar-refractivity contribution is 0.378. The molecule has 2 heterocycles. The maximum atomic E-state index is 5.18. The van der Waals surface area contributed by atoms with Crippen LogP contribution in [0.25, 0.3) is 0 Å². The summed E-state index contributed by atoms with van der Waals surface area (Å²) in [4.78, 5) is 11.5. The number of aromatic nitrogens is 1. The van der Waals surface area contributed by atoms with E-state index >= 15 is 0 Å². The van der Waals surface area contributed by atoms with E-state index in [0.717, 1.165) is 37.7 Å². The van der Waals surface area contributed by atoms with Crippen LogP contribution in [0.3, 0.4) is 0 Å². The Morgan fingerprint density at radius 3 is 2.83 bits per heavy atom. The second kappa shape index (κ2) is 7.81. The topological polar surface area (TPSA) is 49.8 Å². The lowest BCUT2D eigenvalue weighted by Crippen LogP contribution is -2.44. The van der Waals surface area contributed by atoms with Crippen molar-refractivity contribution < 1.29 is 4.74 Å². The minimum absolute atomic E-state index is 0.539. The first kappa shape index (κ1) is 16.3. The third kappa shape index (κ3) is 3.85. The number of aliphatic imine (C=N–C) groups is 1. The number of methoxy groups -OCH3 is 1. The molecule has 0 unspecified atom stereocenters. The van der Waals surface area contributed by atoms with Crippen molar-refractivity contribution >= 4 is 5.96 Å². The first-order valence-corrected chi connectivity index (χ1v) is 8.40. The minimum atomic E-state index is 0.539. The third-order valence-corrected chi connectivity index (χ3v) is 4.15. The van der Waals surface area contributed by atoms with Crippen molar-refractivity contribution in [3.8, 4) is 5.88 Å². The molecular weight excluding hydrogens is 300 g/mol. The predicted molar refractivity (Wildman–Crippen MR) is 96.2 cm³/mol. The monoisotopic (exact) mass is 324 g/mol. The Bertz CT molecular complexity index is 714. The Morgan fingerprint density at radius 2 is 2.04 bits per heavy atom. The summed E-state index contributed by atoms with van der Waals surface area (Å²) in [5, 5.41) is 3.40. The van der Waals surface area contributed by atoms with Gasteiger partial charge in [0, 0.05) is 25.7 Å². The van der Waals surface area contributed by atoms with Crippen molar-refractivity contribution in [2.24, 2.45) is 4.99 Å². The minimum Gasteiger partial charge on any atom is -0.481 e. The van der Waals surface area contributed by atoms with Gasteiger partial charge in [0.15, 0.2) is 5.96 Å². The summed E-state index contributed by atoms with van der Waals surface area (Å²) in [6.45, 7) is 5.36. The molecule has 24 heavy (non-hydrogen) atoms. The zero-order valence-electron chi connectivity index (χ0n) is 14.3. The molecule has 1 aromatic heterocycles. The molecule has 0 radical (unpaired) electrons. The molecule has 0 saturated heterocycles. The van der Waals surface area contributed by atoms with E-state index in [-0.39, 0.29) is 0 Å². The van der Waals surface area contributed by atoms with Crippen LogP contribution in [0.4, 0.5) is 0 Å². The Morgan fingerprint density at radius 1 is 1.21 bits per heavy atom. The second-order valence-electron chi connectivity index (χ2n) is 5.78. The largest absolute Gasteiger partial charge is 0.481 e. The van der Waals surface area contributed by atoms with Crippen molar-refractivity contribution in [1.82, 2.24) is 15.2 Å². The zero-order chi connectivity index (χ0) is 16.8. The average Bonchev–Trinajstić information content (AvgIpc) is 2.65. The first-order chi connectivity index (χ1) is 11.8. The number of ether oxygens (including phenoxy) is 1. The van der Waals surface area contributed by atoms with E-state index in [1.165, 1.54) is 11.1 Å². The van der Waals surface area contributed by atoms with E-state index in [9.17, 15) is 0 Å². The number of nitrogens with zero attached hydrogens (tertiary/aromatic N) is 3. The van der Waals surface area contributed by atoms with Crippen LogP contribution in [-0.4, -0.2) is 36.0 Å². The molecule has 1 N–H and O–H groups in total. The van der Waals surface area contributed by atoms with E-state index in [1.54, 1.807) is 7.11 Å². The standard InChI is InChI=1S/C19H24N4O/c1-3-20-19(21-13-17-9-6-10-18(22-17)24-2)23-12-11-15-7-4-5-8-16(15)14-23/h4-10H,3,11-14H2,1-2H3,(H,20,21). The van der Waals surface area contributed by atoms with Crippen LogP contribution in [0.15, 0.2) is 47.5 Å². The number of rotatable bonds is 4. The van der Waals surface area contributed by atoms with Crippen molar-refractivity contribution in [3.05, 3.63) is 59.3 Å². The van der Waals surface area contributed by atoms with Gasteiger partial charge < -0.3 is 15.0 Å². The Kier molecular flexibility index (Phi) is 5.31. The Labute approximate surface area is 143 Å². The van der Waals surface area contributed by atoms with Crippen LogP contribution in [-0.2, 0) is 19.5 Å². The van der Waals surface area contributed by atoms with Gasteiger partial charge in [0.2, 0.25) is 5.88 Å². The van der Waals surface area contributed by atoms with Crippen LogP contribution in [0, 0.1) is 0 Å². The average molecular weight is 324 g/mol. The Hall–Kier alpha value is -2.56. The van der Waals surface area contributed by atoms with Gasteiger partial charge in [-0.15, -0.1) is 0 Å². The number of hydrogen-bond donors (Lipinski definition) is 1. The molecule has 0 aliphatic carbocycles. The van der Waals surface area contributed by atoms with Gasteiger partial charge in [-0.25, -0.2) is 9.98 Å². The van der Waals surface area contributed by atoms with Crippen LogP contribution in [0.1, 0.15) is 23.7 Å². The highest BCUT2D eigenvalue weighted by Crippen LogP contribution is 2.18. The lowest BCUT2D eigenvalue weighted by atomic mass is 10.0. The first-order valence-electron chi connectivity index (χ1n) is 8.40. The highest BCUT2D eigenvalue weighted by atomic mass is 16.5. The fourth-order valence-corrected chi connectivity index (χ4v) is 2.92. The molecule has 1 aliphatic rings. The number of nitrogens with one attached hydrogen (secondary N) is 1. The summed E-state index contributed by atoms with van der Waals surface area (Å²) in [6, 6.07) is 14.4. The molecule has 2 aromatic rings. The second-order valence-corrected chi connectivity index (χ2v) is 5.78. The summed E-state index contributed by atoms with van der Waals surface area (Å²) >= 11 is 0. The Balaban J connectivity index is 1.74. The number of pyridine rings is 1. The quantitative estimate of drug-likeness (QED) is 0.694. The molecule has 0 saturated carbocycles. The van der Waals surface area contributed by atoms with Gasteiger partial charge in [-0.1, -0.05) is 30.3 Å². The van der Waals surface area contributed by atoms with Gasteiger partial charge in [0.05, 0.1) is 19.3 Å². The fraction of sp³-hybridized carbons (Fsp3) is 0.368. The van der Waals surface area contributed by atoms with Crippen molar-refractivity contribution in [2.45, 2.75) is 26.4 Å². The van der Waals surface area contributed by atoms with Crippen LogP contribution >= 0.6 is 0 Å². The van der Waals surface area contributed by atoms with Gasteiger partial charge in [0.25, 0.3) is 0 Å². The normalized spacial score (nSPS) is 14.2. The lowest BCUT2D eigenvalue weighted by Gasteiger charge is -2.31. The molecule has 0 spiro atoms. The summed E-state index contributed by atoms with van der Waals surface area (Å²) in [5.41, 5.74) is 3.73. The number of guanidine groups is 1. The SMILES string of the molecule is CCNC(=NCc1cccc(OC)n1)N1CCc2ccccc2C1. The van der Waals surface area contributed by atoms with E-state index in [2.05, 4.69) is 46.4 Å². The van der Waals surface area contributed by atoms with Crippen LogP contribution in [0.5, 0.6) is 5.88 Å². The van der Waals surface area contributed by atoms with Gasteiger partial charge in [-0.3, -0.25) is 0 Å². The summed E-state index contributed by atoms with van der Waals surface area (Å²) in [5.74, 6) is 1.57. The van der Waals surface area contributed by atoms with E-state index in [1.807, 2.05) is 18.2 Å². The van der Waals surface area contributed by atoms with E-state index in [0.29, 0.717) is 12.4 Å². The molecule has 1 aromatic carbocycles. The smallest absolute Gasteiger partial charge is 0.213 e. The molecule has 5 nitrogen and oxygen atoms in total. The zero-order valence-corrected chi connectivity index (χ0v) is 14.3. The van der Waals surface area contributed by atoms with Crippen molar-refractivity contribution in [3.63, 3.8) is 0 Å². The van der Waals surface area contributed by atoms with E-state index < -0.39 is 0 Å². The number of fused-ring (bicyclic) bond motifs is 1. The van der Waals surface area contributed by atoms with Gasteiger partial charge in [0.1, 0.15) is 0 Å². The maximum Gasteiger partial charge on any atom is 0.213 e. The maximum absolute atomic E-state index is 5.18. The van der Waals surface area contributed by atoms with E-state index in [4.69, 9.17) is 9.73 Å². The molecule has 0 atom stereocenters. The highest BCUT2D eigenvalue weighted by Gasteiger charge is 2.18. The molecular formula is C19H24N4O. The molecule has 1 aliphatic heterocycles. The predicted octanol–water partition coefficient (Wildman–Crippen LogP) is 2.61. The summed E-state index contributed by atoms with van der Waals surface area (Å²) in [6.07, 6.45) is 1.05. The molecule has 3 rings (SSSR count). The van der Waals surface area contributed by atoms with Crippen molar-refractivity contribution in [2.75, 3.05) is 20.2 Å². The van der Waals surface area contributed by atoms with Gasteiger partial charge in [-0.05, 0) is 30.5 Å².